The monoisotopic (exact) mass is 767 g/mol. The molecule has 0 saturated carbocycles. The van der Waals surface area contributed by atoms with E-state index >= 15 is 0 Å². The molecular weight excluding hydrogens is 733 g/mol. The fourth-order valence-electron chi connectivity index (χ4n) is 3.72. The third-order valence-corrected chi connectivity index (χ3v) is 7.69. The van der Waals surface area contributed by atoms with Crippen LogP contribution in [0.3, 0.4) is 0 Å². The lowest BCUT2D eigenvalue weighted by Gasteiger charge is -2.42. The van der Waals surface area contributed by atoms with E-state index in [9.17, 15) is 79.4 Å². The quantitative estimate of drug-likeness (QED) is 0.120. The summed E-state index contributed by atoms with van der Waals surface area (Å²) in [7, 11) is 0. The maximum Gasteiger partial charge on any atom is 0.460 e. The lowest BCUT2D eigenvalue weighted by atomic mass is 9.89. The highest BCUT2D eigenvalue weighted by atomic mass is 19.4. The SMILES string of the molecule is CCC(C)(C)Oc1ccc(CCCCNC(=O)C(F)(F)C(F)(F)C(F)(F)C(F)(F)C(F)(F)C(F)(F)C(F)(F)C(F)(F)F)c(OC(C)(C)CC)c1. The van der Waals surface area contributed by atoms with Gasteiger partial charge in [0.1, 0.15) is 22.7 Å². The molecule has 1 aromatic rings. The summed E-state index contributed by atoms with van der Waals surface area (Å²) in [6.07, 6.45) is -7.18. The van der Waals surface area contributed by atoms with Crippen LogP contribution >= 0.6 is 0 Å². The number of nitrogens with one attached hydrogen (secondary N) is 1. The predicted octanol–water partition coefficient (Wildman–Crippen LogP) is 10.3. The lowest BCUT2D eigenvalue weighted by molar-refractivity contribution is -0.459. The van der Waals surface area contributed by atoms with Crippen LogP contribution < -0.4 is 14.8 Å². The first-order chi connectivity index (χ1) is 22.0. The molecule has 1 amide bonds. The summed E-state index contributed by atoms with van der Waals surface area (Å²) in [4.78, 5) is 11.7. The first-order valence-electron chi connectivity index (χ1n) is 14.5. The Labute approximate surface area is 275 Å². The largest absolute Gasteiger partial charge is 0.488 e. The average Bonchev–Trinajstić information content (AvgIpc) is 2.96. The normalized spacial score (nSPS) is 14.9. The number of halogens is 17. The van der Waals surface area contributed by atoms with Gasteiger partial charge in [-0.1, -0.05) is 19.9 Å². The van der Waals surface area contributed by atoms with Gasteiger partial charge in [0, 0.05) is 12.6 Å². The molecular formula is C29H34F17NO3. The Morgan fingerprint density at radius 3 is 1.46 bits per heavy atom. The molecule has 0 aliphatic heterocycles. The van der Waals surface area contributed by atoms with Gasteiger partial charge >= 0.3 is 47.6 Å². The highest BCUT2D eigenvalue weighted by Crippen LogP contribution is 2.64. The van der Waals surface area contributed by atoms with Crippen molar-refractivity contribution in [2.75, 3.05) is 6.54 Å². The number of amides is 1. The van der Waals surface area contributed by atoms with Crippen LogP contribution in [-0.2, 0) is 11.2 Å². The number of hydrogen-bond acceptors (Lipinski definition) is 3. The maximum absolute atomic E-state index is 14.2. The van der Waals surface area contributed by atoms with Crippen molar-refractivity contribution in [2.45, 2.75) is 132 Å². The Morgan fingerprint density at radius 1 is 0.600 bits per heavy atom. The molecule has 0 heterocycles. The molecule has 0 bridgehead atoms. The summed E-state index contributed by atoms with van der Waals surface area (Å²) in [5.74, 6) is -61.0. The lowest BCUT2D eigenvalue weighted by Crippen LogP contribution is -2.75. The third-order valence-electron chi connectivity index (χ3n) is 7.69. The van der Waals surface area contributed by atoms with E-state index in [1.54, 1.807) is 32.0 Å². The zero-order chi connectivity index (χ0) is 39.8. The minimum absolute atomic E-state index is 0.0329. The van der Waals surface area contributed by atoms with E-state index in [0.717, 1.165) is 5.32 Å². The molecule has 21 heteroatoms. The van der Waals surface area contributed by atoms with Gasteiger partial charge in [0.25, 0.3) is 5.91 Å². The topological polar surface area (TPSA) is 47.6 Å². The number of unbranched alkanes of at least 4 members (excludes halogenated alkanes) is 1. The second-order valence-electron chi connectivity index (χ2n) is 12.4. The molecule has 0 aliphatic carbocycles. The van der Waals surface area contributed by atoms with Gasteiger partial charge in [0.15, 0.2) is 0 Å². The van der Waals surface area contributed by atoms with E-state index in [1.807, 2.05) is 27.7 Å². The molecule has 0 fully saturated rings. The van der Waals surface area contributed by atoms with Crippen molar-refractivity contribution in [3.05, 3.63) is 23.8 Å². The van der Waals surface area contributed by atoms with Crippen molar-refractivity contribution in [3.63, 3.8) is 0 Å². The summed E-state index contributed by atoms with van der Waals surface area (Å²) in [5.41, 5.74) is -0.813. The average molecular weight is 768 g/mol. The van der Waals surface area contributed by atoms with Crippen LogP contribution in [0.25, 0.3) is 0 Å². The molecule has 1 aromatic carbocycles. The highest BCUT2D eigenvalue weighted by Gasteiger charge is 2.95. The van der Waals surface area contributed by atoms with Gasteiger partial charge in [-0.05, 0) is 71.4 Å². The zero-order valence-corrected chi connectivity index (χ0v) is 27.1. The molecule has 0 unspecified atom stereocenters. The molecule has 0 aromatic heterocycles. The van der Waals surface area contributed by atoms with Crippen molar-refractivity contribution in [2.24, 2.45) is 0 Å². The van der Waals surface area contributed by atoms with Crippen molar-refractivity contribution in [1.29, 1.82) is 0 Å². The van der Waals surface area contributed by atoms with E-state index in [2.05, 4.69) is 0 Å². The molecule has 292 valence electrons. The number of rotatable bonds is 18. The number of hydrogen-bond donors (Lipinski definition) is 1. The van der Waals surface area contributed by atoms with Crippen LogP contribution in [0.15, 0.2) is 18.2 Å². The Hall–Kier alpha value is -2.90. The van der Waals surface area contributed by atoms with Crippen LogP contribution in [0.5, 0.6) is 11.5 Å². The Bertz CT molecular complexity index is 1320. The smallest absolute Gasteiger partial charge is 0.460 e. The molecule has 0 spiro atoms. The van der Waals surface area contributed by atoms with Crippen LogP contribution in [-0.4, -0.2) is 71.3 Å². The van der Waals surface area contributed by atoms with Crippen molar-refractivity contribution >= 4 is 5.91 Å². The first-order valence-corrected chi connectivity index (χ1v) is 14.5. The Balaban J connectivity index is 3.17. The number of carbonyl (C=O) groups is 1. The van der Waals surface area contributed by atoms with E-state index < -0.39 is 77.7 Å². The fraction of sp³-hybridized carbons (Fsp3) is 0.759. The number of aryl methyl sites for hydroxylation is 1. The second kappa shape index (κ2) is 14.3. The molecule has 1 rings (SSSR count). The summed E-state index contributed by atoms with van der Waals surface area (Å²) in [5, 5.41) is 0.952. The Morgan fingerprint density at radius 2 is 1.02 bits per heavy atom. The standard InChI is InChI=1S/C29H34F17NO3/c1-7-20(3,4)49-17-13-12-16(18(15-17)50-21(5,6)8-2)11-9-10-14-47-19(48)22(30,31)23(32,33)24(34,35)25(36,37)26(38,39)27(40,41)28(42,43)29(44,45)46/h12-13,15H,7-11,14H2,1-6H3,(H,47,48). The first kappa shape index (κ1) is 45.1. The van der Waals surface area contributed by atoms with E-state index in [1.165, 1.54) is 0 Å². The third kappa shape index (κ3) is 8.25. The minimum Gasteiger partial charge on any atom is -0.488 e. The van der Waals surface area contributed by atoms with Gasteiger partial charge < -0.3 is 14.8 Å². The molecule has 0 aliphatic rings. The summed E-state index contributed by atoms with van der Waals surface area (Å²) in [6, 6.07) is 4.66. The number of alkyl halides is 17. The molecule has 0 atom stereocenters. The van der Waals surface area contributed by atoms with Gasteiger partial charge in [0.2, 0.25) is 0 Å². The summed E-state index contributed by atoms with van der Waals surface area (Å²) >= 11 is 0. The predicted molar refractivity (Wildman–Crippen MR) is 143 cm³/mol. The summed E-state index contributed by atoms with van der Waals surface area (Å²) < 4.78 is 241. The van der Waals surface area contributed by atoms with Gasteiger partial charge in [-0.25, -0.2) is 0 Å². The van der Waals surface area contributed by atoms with Crippen LogP contribution in [0.1, 0.15) is 72.8 Å². The second-order valence-corrected chi connectivity index (χ2v) is 12.4. The minimum atomic E-state index is -8.76. The molecule has 0 radical (unpaired) electrons. The van der Waals surface area contributed by atoms with E-state index in [-0.39, 0.29) is 12.8 Å². The van der Waals surface area contributed by atoms with Crippen LogP contribution in [0.2, 0.25) is 0 Å². The fourth-order valence-corrected chi connectivity index (χ4v) is 3.72. The van der Waals surface area contributed by atoms with Gasteiger partial charge in [0.05, 0.1) is 0 Å². The van der Waals surface area contributed by atoms with E-state index in [4.69, 9.17) is 9.47 Å². The van der Waals surface area contributed by atoms with Gasteiger partial charge in [-0.3, -0.25) is 4.79 Å². The van der Waals surface area contributed by atoms with Crippen LogP contribution in [0, 0.1) is 0 Å². The summed E-state index contributed by atoms with van der Waals surface area (Å²) in [6.45, 7) is 9.71. The number of ether oxygens (including phenoxy) is 2. The molecule has 0 saturated heterocycles. The van der Waals surface area contributed by atoms with Crippen molar-refractivity contribution in [1.82, 2.24) is 5.32 Å². The number of benzene rings is 1. The molecule has 1 N–H and O–H groups in total. The van der Waals surface area contributed by atoms with Gasteiger partial charge in [-0.2, -0.15) is 74.6 Å². The zero-order valence-electron chi connectivity index (χ0n) is 27.1. The number of carbonyl (C=O) groups excluding carboxylic acids is 1. The Kier molecular flexibility index (Phi) is 12.9. The highest BCUT2D eigenvalue weighted by molar-refractivity contribution is 5.84. The maximum atomic E-state index is 14.2. The van der Waals surface area contributed by atoms with Crippen molar-refractivity contribution in [3.8, 4) is 11.5 Å². The molecule has 4 nitrogen and oxygen atoms in total. The van der Waals surface area contributed by atoms with Crippen molar-refractivity contribution < 1.29 is 88.9 Å². The van der Waals surface area contributed by atoms with Gasteiger partial charge in [-0.15, -0.1) is 0 Å². The molecule has 50 heavy (non-hydrogen) atoms. The van der Waals surface area contributed by atoms with E-state index in [0.29, 0.717) is 29.9 Å². The van der Waals surface area contributed by atoms with Crippen LogP contribution in [0.4, 0.5) is 74.6 Å².